The van der Waals surface area contributed by atoms with E-state index in [1.165, 1.54) is 0 Å². The number of para-hydroxylation sites is 2. The monoisotopic (exact) mass is 564 g/mol. The Kier molecular flexibility index (Phi) is 5.43. The van der Waals surface area contributed by atoms with Crippen LogP contribution in [0.1, 0.15) is 0 Å². The maximum Gasteiger partial charge on any atom is 0.238 e. The fraction of sp³-hybridized carbons (Fsp3) is 0. The van der Waals surface area contributed by atoms with Gasteiger partial charge in [0.05, 0.1) is 11.0 Å². The Morgan fingerprint density at radius 1 is 0.432 bits per heavy atom. The molecule has 0 saturated carbocycles. The molecule has 0 spiro atoms. The Hall–Kier alpha value is -6.07. The van der Waals surface area contributed by atoms with Gasteiger partial charge in [0.1, 0.15) is 11.5 Å². The highest BCUT2D eigenvalue weighted by Gasteiger charge is 2.27. The van der Waals surface area contributed by atoms with Gasteiger partial charge in [-0.05, 0) is 35.4 Å². The van der Waals surface area contributed by atoms with Crippen molar-refractivity contribution in [1.82, 2.24) is 19.5 Å². The Bertz CT molecular complexity index is 2300. The molecule has 0 atom stereocenters. The van der Waals surface area contributed by atoms with Crippen molar-refractivity contribution in [2.45, 2.75) is 0 Å². The molecule has 5 nitrogen and oxygen atoms in total. The van der Waals surface area contributed by atoms with Crippen LogP contribution in [0.15, 0.2) is 146 Å². The second-order valence-electron chi connectivity index (χ2n) is 10.8. The van der Waals surface area contributed by atoms with Crippen LogP contribution in [0.2, 0.25) is 0 Å². The lowest BCUT2D eigenvalue weighted by Crippen LogP contribution is -2.07. The van der Waals surface area contributed by atoms with E-state index in [1.54, 1.807) is 0 Å². The van der Waals surface area contributed by atoms with Crippen LogP contribution in [0.5, 0.6) is 11.5 Å². The first kappa shape index (κ1) is 24.5. The van der Waals surface area contributed by atoms with E-state index in [9.17, 15) is 0 Å². The summed E-state index contributed by atoms with van der Waals surface area (Å²) in [7, 11) is 0. The molecule has 0 unspecified atom stereocenters. The number of aromatic nitrogens is 4. The highest BCUT2D eigenvalue weighted by Crippen LogP contribution is 2.50. The van der Waals surface area contributed by atoms with Crippen molar-refractivity contribution in [2.24, 2.45) is 0 Å². The number of hydrogen-bond donors (Lipinski definition) is 0. The first-order valence-electron chi connectivity index (χ1n) is 14.6. The summed E-state index contributed by atoms with van der Waals surface area (Å²) in [5.41, 5.74) is 8.16. The van der Waals surface area contributed by atoms with Gasteiger partial charge in [0.2, 0.25) is 5.95 Å². The van der Waals surface area contributed by atoms with Crippen LogP contribution < -0.4 is 4.74 Å². The van der Waals surface area contributed by atoms with Gasteiger partial charge in [-0.25, -0.2) is 4.98 Å². The van der Waals surface area contributed by atoms with Gasteiger partial charge in [0.15, 0.2) is 11.6 Å². The van der Waals surface area contributed by atoms with Crippen molar-refractivity contribution in [3.63, 3.8) is 0 Å². The van der Waals surface area contributed by atoms with Crippen LogP contribution in [0.4, 0.5) is 0 Å². The summed E-state index contributed by atoms with van der Waals surface area (Å²) in [6.45, 7) is 0. The first-order chi connectivity index (χ1) is 21.8. The van der Waals surface area contributed by atoms with Crippen molar-refractivity contribution < 1.29 is 4.74 Å². The molecule has 8 aromatic rings. The molecular formula is C39H24N4O. The summed E-state index contributed by atoms with van der Waals surface area (Å²) >= 11 is 0. The first-order valence-corrected chi connectivity index (χ1v) is 14.6. The van der Waals surface area contributed by atoms with Gasteiger partial charge in [0.25, 0.3) is 0 Å². The van der Waals surface area contributed by atoms with E-state index in [0.29, 0.717) is 17.6 Å². The number of benzene rings is 6. The third kappa shape index (κ3) is 3.76. The molecule has 206 valence electrons. The second kappa shape index (κ2) is 9.75. The lowest BCUT2D eigenvalue weighted by Gasteiger charge is -2.15. The molecule has 6 aromatic carbocycles. The van der Waals surface area contributed by atoms with Crippen molar-refractivity contribution in [3.05, 3.63) is 146 Å². The van der Waals surface area contributed by atoms with E-state index < -0.39 is 0 Å². The van der Waals surface area contributed by atoms with Crippen molar-refractivity contribution in [1.29, 1.82) is 0 Å². The van der Waals surface area contributed by atoms with Crippen LogP contribution in [-0.2, 0) is 0 Å². The van der Waals surface area contributed by atoms with Crippen molar-refractivity contribution in [3.8, 4) is 62.5 Å². The quantitative estimate of drug-likeness (QED) is 0.214. The van der Waals surface area contributed by atoms with E-state index >= 15 is 0 Å². The number of fused-ring (bicyclic) bond motifs is 9. The molecule has 5 heteroatoms. The van der Waals surface area contributed by atoms with Gasteiger partial charge in [-0.2, -0.15) is 9.97 Å². The smallest absolute Gasteiger partial charge is 0.238 e. The Balaban J connectivity index is 1.43. The molecule has 0 saturated heterocycles. The summed E-state index contributed by atoms with van der Waals surface area (Å²) in [6, 6.07) is 49.6. The zero-order valence-electron chi connectivity index (χ0n) is 23.6. The van der Waals surface area contributed by atoms with Crippen molar-refractivity contribution in [2.75, 3.05) is 0 Å². The summed E-state index contributed by atoms with van der Waals surface area (Å²) in [5, 5.41) is 2.22. The molecule has 1 aliphatic heterocycles. The summed E-state index contributed by atoms with van der Waals surface area (Å²) in [4.78, 5) is 15.2. The fourth-order valence-corrected chi connectivity index (χ4v) is 6.32. The summed E-state index contributed by atoms with van der Waals surface area (Å²) < 4.78 is 8.88. The standard InChI is InChI=1S/C39H24N4O/c1-3-13-25(14-4-1)37-40-38(26-15-5-2-6-16-26)42-39(41-37)43-32-21-11-9-18-28(32)31-23-24-34-35(36(31)43)30-20-8-7-17-27(30)29-19-10-12-22-33(29)44-34/h1-24H. The molecule has 0 N–H and O–H groups in total. The third-order valence-corrected chi connectivity index (χ3v) is 8.28. The number of ether oxygens (including phenoxy) is 1. The zero-order valence-corrected chi connectivity index (χ0v) is 23.6. The fourth-order valence-electron chi connectivity index (χ4n) is 6.32. The topological polar surface area (TPSA) is 52.8 Å². The van der Waals surface area contributed by atoms with Gasteiger partial charge < -0.3 is 4.74 Å². The highest BCUT2D eigenvalue weighted by atomic mass is 16.5. The Morgan fingerprint density at radius 3 is 1.75 bits per heavy atom. The maximum atomic E-state index is 6.70. The lowest BCUT2D eigenvalue weighted by molar-refractivity contribution is 0.488. The largest absolute Gasteiger partial charge is 0.456 e. The minimum Gasteiger partial charge on any atom is -0.456 e. The van der Waals surface area contributed by atoms with Gasteiger partial charge in [0, 0.05) is 33.0 Å². The molecule has 0 radical (unpaired) electrons. The SMILES string of the molecule is c1ccc(-c2nc(-c3ccccc3)nc(-n3c4ccccc4c4ccc5c(c43)-c3ccccc3-c3ccccc3O5)n2)cc1. The number of rotatable bonds is 3. The number of nitrogens with zero attached hydrogens (tertiary/aromatic N) is 4. The zero-order chi connectivity index (χ0) is 29.0. The molecule has 44 heavy (non-hydrogen) atoms. The molecule has 2 aromatic heterocycles. The van der Waals surface area contributed by atoms with Gasteiger partial charge in [-0.15, -0.1) is 0 Å². The second-order valence-corrected chi connectivity index (χ2v) is 10.8. The van der Waals surface area contributed by atoms with Gasteiger partial charge in [-0.1, -0.05) is 121 Å². The normalized spacial score (nSPS) is 11.8. The molecule has 1 aliphatic rings. The molecule has 3 heterocycles. The van der Waals surface area contributed by atoms with Crippen LogP contribution >= 0.6 is 0 Å². The van der Waals surface area contributed by atoms with E-state index in [0.717, 1.165) is 66.7 Å². The van der Waals surface area contributed by atoms with Crippen LogP contribution in [0.25, 0.3) is 72.8 Å². The average Bonchev–Trinajstić information content (AvgIpc) is 3.35. The molecule has 0 bridgehead atoms. The predicted octanol–water partition coefficient (Wildman–Crippen LogP) is 9.74. The van der Waals surface area contributed by atoms with E-state index in [4.69, 9.17) is 19.7 Å². The Labute approximate surface area is 253 Å². The lowest BCUT2D eigenvalue weighted by atomic mass is 9.93. The predicted molar refractivity (Wildman–Crippen MR) is 176 cm³/mol. The highest BCUT2D eigenvalue weighted by molar-refractivity contribution is 6.16. The van der Waals surface area contributed by atoms with E-state index in [-0.39, 0.29) is 0 Å². The maximum absolute atomic E-state index is 6.70. The number of hydrogen-bond acceptors (Lipinski definition) is 4. The van der Waals surface area contributed by atoms with Crippen molar-refractivity contribution >= 4 is 21.8 Å². The molecular weight excluding hydrogens is 540 g/mol. The minimum atomic E-state index is 0.552. The Morgan fingerprint density at radius 2 is 1.02 bits per heavy atom. The third-order valence-electron chi connectivity index (χ3n) is 8.28. The van der Waals surface area contributed by atoms with Gasteiger partial charge in [-0.3, -0.25) is 4.57 Å². The van der Waals surface area contributed by atoms with Gasteiger partial charge >= 0.3 is 0 Å². The van der Waals surface area contributed by atoms with Crippen LogP contribution in [0, 0.1) is 0 Å². The average molecular weight is 565 g/mol. The summed E-state index contributed by atoms with van der Waals surface area (Å²) in [6.07, 6.45) is 0. The van der Waals surface area contributed by atoms with E-state index in [2.05, 4.69) is 77.4 Å². The molecule has 9 rings (SSSR count). The molecule has 0 amide bonds. The molecule has 0 fully saturated rings. The van der Waals surface area contributed by atoms with Crippen LogP contribution in [-0.4, -0.2) is 19.5 Å². The van der Waals surface area contributed by atoms with Crippen LogP contribution in [0.3, 0.4) is 0 Å². The minimum absolute atomic E-state index is 0.552. The molecule has 0 aliphatic carbocycles. The summed E-state index contributed by atoms with van der Waals surface area (Å²) in [5.74, 6) is 3.41. The van der Waals surface area contributed by atoms with E-state index in [1.807, 2.05) is 72.8 Å².